The number of halogens is 1. The quantitative estimate of drug-likeness (QED) is 0.375. The van der Waals surface area contributed by atoms with Gasteiger partial charge >= 0.3 is 6.09 Å². The number of aromatic nitrogens is 1. The molecule has 2 atom stereocenters. The third kappa shape index (κ3) is 5.24. The summed E-state index contributed by atoms with van der Waals surface area (Å²) in [5.41, 5.74) is 4.26. The first-order chi connectivity index (χ1) is 18.4. The summed E-state index contributed by atoms with van der Waals surface area (Å²) < 4.78 is 23.5. The standard InChI is InChI=1S/C30H35ClN2O5/c1-30(2)36-18-23(38-30)14-16-35-21-10-7-19(8-11-21)28-27-24(25-17-20(31)9-12-26(25)32-27)13-15-33(28)29(34)37-22-5-3-4-6-22/h7-12,17,22-23,28,32H,3-6,13-16,18H2,1-2H3/t23-,28-/m0/s1. The van der Waals surface area contributed by atoms with E-state index in [0.717, 1.165) is 66.4 Å². The molecule has 2 fully saturated rings. The highest BCUT2D eigenvalue weighted by Crippen LogP contribution is 2.40. The average Bonchev–Trinajstić information content (AvgIpc) is 3.62. The molecule has 8 heteroatoms. The van der Waals surface area contributed by atoms with Gasteiger partial charge in [0, 0.05) is 34.6 Å². The fraction of sp³-hybridized carbons (Fsp3) is 0.500. The maximum atomic E-state index is 13.4. The lowest BCUT2D eigenvalue weighted by Gasteiger charge is -2.36. The van der Waals surface area contributed by atoms with Gasteiger partial charge in [-0.25, -0.2) is 4.79 Å². The number of nitrogens with zero attached hydrogens (tertiary/aromatic N) is 1. The predicted octanol–water partition coefficient (Wildman–Crippen LogP) is 6.77. The van der Waals surface area contributed by atoms with Crippen LogP contribution in [-0.4, -0.2) is 53.7 Å². The fourth-order valence-electron chi connectivity index (χ4n) is 5.98. The summed E-state index contributed by atoms with van der Waals surface area (Å²) in [6.45, 7) is 5.57. The molecular weight excluding hydrogens is 504 g/mol. The Morgan fingerprint density at radius 1 is 1.16 bits per heavy atom. The van der Waals surface area contributed by atoms with Crippen molar-refractivity contribution in [1.29, 1.82) is 0 Å². The molecule has 3 heterocycles. The van der Waals surface area contributed by atoms with Crippen LogP contribution in [0.2, 0.25) is 5.02 Å². The van der Waals surface area contributed by atoms with Crippen molar-refractivity contribution >= 4 is 28.6 Å². The molecule has 202 valence electrons. The van der Waals surface area contributed by atoms with E-state index in [0.29, 0.717) is 24.8 Å². The summed E-state index contributed by atoms with van der Waals surface area (Å²) in [5, 5.41) is 1.82. The van der Waals surface area contributed by atoms with Crippen LogP contribution < -0.4 is 4.74 Å². The molecule has 0 unspecified atom stereocenters. The molecule has 1 N–H and O–H groups in total. The van der Waals surface area contributed by atoms with Crippen molar-refractivity contribution in [3.05, 3.63) is 64.3 Å². The fourth-order valence-corrected chi connectivity index (χ4v) is 6.15. The van der Waals surface area contributed by atoms with Gasteiger partial charge in [-0.15, -0.1) is 0 Å². The Labute approximate surface area is 228 Å². The Balaban J connectivity index is 1.23. The number of carbonyl (C=O) groups excluding carboxylic acids is 1. The number of aromatic amines is 1. The Hall–Kier alpha value is -2.74. The lowest BCUT2D eigenvalue weighted by atomic mass is 9.92. The van der Waals surface area contributed by atoms with Gasteiger partial charge in [0.25, 0.3) is 0 Å². The topological polar surface area (TPSA) is 73.0 Å². The van der Waals surface area contributed by atoms with E-state index in [4.69, 9.17) is 30.5 Å². The number of carbonyl (C=O) groups is 1. The molecule has 1 saturated heterocycles. The maximum absolute atomic E-state index is 13.4. The molecule has 2 aliphatic heterocycles. The predicted molar refractivity (Wildman–Crippen MR) is 146 cm³/mol. The molecule has 3 aromatic rings. The Kier molecular flexibility index (Phi) is 7.01. The van der Waals surface area contributed by atoms with Crippen LogP contribution in [0.5, 0.6) is 5.75 Å². The van der Waals surface area contributed by atoms with Crippen molar-refractivity contribution in [3.8, 4) is 5.75 Å². The number of benzene rings is 2. The minimum absolute atomic E-state index is 0.0154. The van der Waals surface area contributed by atoms with Gasteiger partial charge in [0.05, 0.1) is 19.3 Å². The second-order valence-corrected chi connectivity index (χ2v) is 11.4. The van der Waals surface area contributed by atoms with E-state index < -0.39 is 5.79 Å². The number of amides is 1. The third-order valence-corrected chi connectivity index (χ3v) is 8.10. The van der Waals surface area contributed by atoms with E-state index in [2.05, 4.69) is 4.98 Å². The van der Waals surface area contributed by atoms with E-state index in [1.54, 1.807) is 0 Å². The third-order valence-electron chi connectivity index (χ3n) is 7.86. The van der Waals surface area contributed by atoms with Crippen molar-refractivity contribution in [1.82, 2.24) is 9.88 Å². The van der Waals surface area contributed by atoms with E-state index >= 15 is 0 Å². The van der Waals surface area contributed by atoms with Crippen LogP contribution in [0.4, 0.5) is 4.79 Å². The first-order valence-electron chi connectivity index (χ1n) is 13.7. The van der Waals surface area contributed by atoms with Crippen molar-refractivity contribution in [2.45, 2.75) is 76.4 Å². The van der Waals surface area contributed by atoms with Gasteiger partial charge in [0.1, 0.15) is 17.9 Å². The number of ether oxygens (including phenoxy) is 4. The summed E-state index contributed by atoms with van der Waals surface area (Å²) >= 11 is 6.33. The molecule has 1 aromatic heterocycles. The molecule has 1 amide bonds. The van der Waals surface area contributed by atoms with Crippen molar-refractivity contribution in [3.63, 3.8) is 0 Å². The number of hydrogen-bond donors (Lipinski definition) is 1. The molecule has 6 rings (SSSR count). The van der Waals surface area contributed by atoms with Crippen LogP contribution in [-0.2, 0) is 20.6 Å². The zero-order chi connectivity index (χ0) is 26.3. The Morgan fingerprint density at radius 3 is 2.68 bits per heavy atom. The minimum Gasteiger partial charge on any atom is -0.493 e. The van der Waals surface area contributed by atoms with Gasteiger partial charge in [-0.1, -0.05) is 23.7 Å². The van der Waals surface area contributed by atoms with Crippen LogP contribution >= 0.6 is 11.6 Å². The first kappa shape index (κ1) is 25.5. The first-order valence-corrected chi connectivity index (χ1v) is 14.1. The monoisotopic (exact) mass is 538 g/mol. The molecule has 2 aromatic carbocycles. The number of hydrogen-bond acceptors (Lipinski definition) is 5. The Morgan fingerprint density at radius 2 is 1.95 bits per heavy atom. The van der Waals surface area contributed by atoms with Crippen LogP contribution in [0, 0.1) is 0 Å². The van der Waals surface area contributed by atoms with Crippen LogP contribution in [0.1, 0.15) is 68.8 Å². The number of fused-ring (bicyclic) bond motifs is 3. The van der Waals surface area contributed by atoms with Crippen molar-refractivity contribution < 1.29 is 23.7 Å². The molecule has 3 aliphatic rings. The molecular formula is C30H35ClN2O5. The maximum Gasteiger partial charge on any atom is 0.410 e. The number of H-pyrrole nitrogens is 1. The molecule has 0 spiro atoms. The van der Waals surface area contributed by atoms with Gasteiger partial charge < -0.3 is 23.9 Å². The lowest BCUT2D eigenvalue weighted by molar-refractivity contribution is -0.139. The van der Waals surface area contributed by atoms with Gasteiger partial charge in [-0.05, 0) is 87.4 Å². The lowest BCUT2D eigenvalue weighted by Crippen LogP contribution is -2.42. The van der Waals surface area contributed by atoms with Gasteiger partial charge in [0.2, 0.25) is 0 Å². The van der Waals surface area contributed by atoms with Crippen LogP contribution in [0.3, 0.4) is 0 Å². The summed E-state index contributed by atoms with van der Waals surface area (Å²) in [4.78, 5) is 18.9. The van der Waals surface area contributed by atoms with Crippen LogP contribution in [0.15, 0.2) is 42.5 Å². The van der Waals surface area contributed by atoms with Gasteiger partial charge in [0.15, 0.2) is 5.79 Å². The highest BCUT2D eigenvalue weighted by atomic mass is 35.5. The normalized spacial score (nSPS) is 23.1. The molecule has 1 aliphatic carbocycles. The van der Waals surface area contributed by atoms with E-state index in [-0.39, 0.29) is 24.3 Å². The van der Waals surface area contributed by atoms with E-state index in [9.17, 15) is 4.79 Å². The molecule has 38 heavy (non-hydrogen) atoms. The van der Waals surface area contributed by atoms with Crippen molar-refractivity contribution in [2.24, 2.45) is 0 Å². The van der Waals surface area contributed by atoms with E-state index in [1.807, 2.05) is 61.2 Å². The SMILES string of the molecule is CC1(C)OC[C@H](CCOc2ccc([C@H]3c4[nH]c5ccc(Cl)cc5c4CCN3C(=O)OC3CCCC3)cc2)O1. The molecule has 1 saturated carbocycles. The minimum atomic E-state index is -0.524. The second kappa shape index (κ2) is 10.4. The molecule has 7 nitrogen and oxygen atoms in total. The zero-order valence-corrected chi connectivity index (χ0v) is 22.8. The number of nitrogens with one attached hydrogen (secondary N) is 1. The molecule has 0 bridgehead atoms. The smallest absolute Gasteiger partial charge is 0.410 e. The zero-order valence-electron chi connectivity index (χ0n) is 22.0. The highest BCUT2D eigenvalue weighted by molar-refractivity contribution is 6.31. The Bertz CT molecular complexity index is 1300. The summed E-state index contributed by atoms with van der Waals surface area (Å²) in [7, 11) is 0. The van der Waals surface area contributed by atoms with Gasteiger partial charge in [-0.3, -0.25) is 4.90 Å². The highest BCUT2D eigenvalue weighted by Gasteiger charge is 2.37. The number of rotatable bonds is 6. The summed E-state index contributed by atoms with van der Waals surface area (Å²) in [5.74, 6) is 0.260. The van der Waals surface area contributed by atoms with Gasteiger partial charge in [-0.2, -0.15) is 0 Å². The van der Waals surface area contributed by atoms with E-state index in [1.165, 1.54) is 5.56 Å². The van der Waals surface area contributed by atoms with Crippen molar-refractivity contribution in [2.75, 3.05) is 19.8 Å². The van der Waals surface area contributed by atoms with Crippen LogP contribution in [0.25, 0.3) is 10.9 Å². The summed E-state index contributed by atoms with van der Waals surface area (Å²) in [6, 6.07) is 13.7. The largest absolute Gasteiger partial charge is 0.493 e. The molecule has 0 radical (unpaired) electrons. The summed E-state index contributed by atoms with van der Waals surface area (Å²) in [6.07, 6.45) is 5.45. The average molecular weight is 539 g/mol. The second-order valence-electron chi connectivity index (χ2n) is 11.0.